The summed E-state index contributed by atoms with van der Waals surface area (Å²) < 4.78 is 5.38. The van der Waals surface area contributed by atoms with Gasteiger partial charge in [-0.15, -0.1) is 0 Å². The minimum absolute atomic E-state index is 0.451. The maximum atomic E-state index is 8.71. The van der Waals surface area contributed by atoms with Crippen LogP contribution in [-0.2, 0) is 6.42 Å². The monoisotopic (exact) mass is 237 g/mol. The molecular weight excluding hydrogens is 222 g/mol. The number of rotatable bonds is 3. The number of aryl methyl sites for hydroxylation is 1. The highest BCUT2D eigenvalue weighted by molar-refractivity contribution is 5.73. The second-order valence-electron chi connectivity index (χ2n) is 4.18. The largest absolute Gasteiger partial charge is 0.496 e. The summed E-state index contributed by atoms with van der Waals surface area (Å²) in [5, 5.41) is 8.71. The van der Waals surface area contributed by atoms with Gasteiger partial charge in [0.15, 0.2) is 0 Å². The molecule has 0 unspecified atom stereocenters. The zero-order valence-corrected chi connectivity index (χ0v) is 10.6. The molecule has 0 saturated heterocycles. The quantitative estimate of drug-likeness (QED) is 0.814. The van der Waals surface area contributed by atoms with Crippen molar-refractivity contribution in [2.75, 3.05) is 7.11 Å². The Labute approximate surface area is 107 Å². The van der Waals surface area contributed by atoms with Crippen LogP contribution in [0, 0.1) is 18.3 Å². The molecule has 2 rings (SSSR count). The number of hydrogen-bond acceptors (Lipinski definition) is 2. The number of methoxy groups -OCH3 is 1. The molecule has 0 aliphatic rings. The minimum atomic E-state index is 0.451. The van der Waals surface area contributed by atoms with Gasteiger partial charge in [-0.1, -0.05) is 36.4 Å². The smallest absolute Gasteiger partial charge is 0.126 e. The molecular formula is C16H15NO. The van der Waals surface area contributed by atoms with Gasteiger partial charge in [0.05, 0.1) is 19.6 Å². The van der Waals surface area contributed by atoms with Crippen LogP contribution in [0.4, 0.5) is 0 Å². The van der Waals surface area contributed by atoms with E-state index in [1.165, 1.54) is 0 Å². The van der Waals surface area contributed by atoms with Gasteiger partial charge in [0, 0.05) is 5.56 Å². The van der Waals surface area contributed by atoms with Gasteiger partial charge in [0.2, 0.25) is 0 Å². The average Bonchev–Trinajstić information content (AvgIpc) is 2.39. The minimum Gasteiger partial charge on any atom is -0.496 e. The van der Waals surface area contributed by atoms with Crippen molar-refractivity contribution in [1.29, 1.82) is 5.26 Å². The Bertz CT molecular complexity index is 596. The third kappa shape index (κ3) is 2.36. The summed E-state index contributed by atoms with van der Waals surface area (Å²) in [6.07, 6.45) is 0.451. The van der Waals surface area contributed by atoms with E-state index in [2.05, 4.69) is 25.1 Å². The first-order valence-corrected chi connectivity index (χ1v) is 5.86. The van der Waals surface area contributed by atoms with Gasteiger partial charge in [-0.05, 0) is 29.7 Å². The Kier molecular flexibility index (Phi) is 3.64. The van der Waals surface area contributed by atoms with E-state index in [0.717, 1.165) is 28.0 Å². The van der Waals surface area contributed by atoms with E-state index in [4.69, 9.17) is 10.00 Å². The molecule has 0 bridgehead atoms. The molecule has 2 heteroatoms. The lowest BCUT2D eigenvalue weighted by Gasteiger charge is -2.11. The predicted molar refractivity (Wildman–Crippen MR) is 72.5 cm³/mol. The fraction of sp³-hybridized carbons (Fsp3) is 0.188. The lowest BCUT2D eigenvalue weighted by molar-refractivity contribution is 0.416. The molecule has 2 aromatic carbocycles. The Morgan fingerprint density at radius 3 is 2.56 bits per heavy atom. The first-order valence-electron chi connectivity index (χ1n) is 5.86. The van der Waals surface area contributed by atoms with Crippen molar-refractivity contribution >= 4 is 0 Å². The van der Waals surface area contributed by atoms with E-state index < -0.39 is 0 Å². The molecule has 0 heterocycles. The maximum absolute atomic E-state index is 8.71. The number of nitrogens with zero attached hydrogens (tertiary/aromatic N) is 1. The Morgan fingerprint density at radius 1 is 1.11 bits per heavy atom. The number of benzene rings is 2. The molecule has 0 radical (unpaired) electrons. The molecule has 0 amide bonds. The molecule has 18 heavy (non-hydrogen) atoms. The van der Waals surface area contributed by atoms with Gasteiger partial charge in [0.25, 0.3) is 0 Å². The van der Waals surface area contributed by atoms with Crippen LogP contribution in [-0.4, -0.2) is 7.11 Å². The van der Waals surface area contributed by atoms with E-state index in [0.29, 0.717) is 6.42 Å². The van der Waals surface area contributed by atoms with Gasteiger partial charge in [0.1, 0.15) is 5.75 Å². The zero-order chi connectivity index (χ0) is 13.0. The van der Waals surface area contributed by atoms with Crippen molar-refractivity contribution in [3.8, 4) is 22.9 Å². The van der Waals surface area contributed by atoms with Crippen LogP contribution < -0.4 is 4.74 Å². The van der Waals surface area contributed by atoms with Gasteiger partial charge >= 0.3 is 0 Å². The molecule has 0 saturated carbocycles. The van der Waals surface area contributed by atoms with Crippen LogP contribution >= 0.6 is 0 Å². The van der Waals surface area contributed by atoms with E-state index in [9.17, 15) is 0 Å². The molecule has 0 aromatic heterocycles. The van der Waals surface area contributed by atoms with Crippen LogP contribution in [0.15, 0.2) is 42.5 Å². The zero-order valence-electron chi connectivity index (χ0n) is 10.6. The number of ether oxygens (including phenoxy) is 1. The van der Waals surface area contributed by atoms with E-state index in [1.807, 2.05) is 30.3 Å². The Hall–Kier alpha value is -2.27. The lowest BCUT2D eigenvalue weighted by Crippen LogP contribution is -1.91. The van der Waals surface area contributed by atoms with Crippen LogP contribution in [0.1, 0.15) is 11.1 Å². The van der Waals surface area contributed by atoms with Crippen LogP contribution in [0.3, 0.4) is 0 Å². The van der Waals surface area contributed by atoms with Crippen molar-refractivity contribution in [3.63, 3.8) is 0 Å². The van der Waals surface area contributed by atoms with Crippen LogP contribution in [0.5, 0.6) is 5.75 Å². The molecule has 2 nitrogen and oxygen atoms in total. The lowest BCUT2D eigenvalue weighted by atomic mass is 9.97. The standard InChI is InChI=1S/C16H15NO/c1-12-11-13(9-10-17)7-8-14(12)15-5-3-4-6-16(15)18-2/h3-8,11H,9H2,1-2H3. The number of nitriles is 1. The second-order valence-corrected chi connectivity index (χ2v) is 4.18. The SMILES string of the molecule is COc1ccccc1-c1ccc(CC#N)cc1C. The highest BCUT2D eigenvalue weighted by atomic mass is 16.5. The third-order valence-electron chi connectivity index (χ3n) is 2.97. The highest BCUT2D eigenvalue weighted by Gasteiger charge is 2.07. The van der Waals surface area contributed by atoms with E-state index in [1.54, 1.807) is 7.11 Å². The first kappa shape index (κ1) is 12.2. The predicted octanol–water partition coefficient (Wildman–Crippen LogP) is 3.74. The summed E-state index contributed by atoms with van der Waals surface area (Å²) >= 11 is 0. The molecule has 0 spiro atoms. The van der Waals surface area contributed by atoms with Crippen LogP contribution in [0.25, 0.3) is 11.1 Å². The summed E-state index contributed by atoms with van der Waals surface area (Å²) in [5.41, 5.74) is 4.44. The first-order chi connectivity index (χ1) is 8.76. The van der Waals surface area contributed by atoms with Gasteiger partial charge in [-0.2, -0.15) is 5.26 Å². The van der Waals surface area contributed by atoms with Gasteiger partial charge < -0.3 is 4.74 Å². The fourth-order valence-corrected chi connectivity index (χ4v) is 2.10. The molecule has 90 valence electrons. The van der Waals surface area contributed by atoms with Crippen molar-refractivity contribution < 1.29 is 4.74 Å². The van der Waals surface area contributed by atoms with E-state index in [-0.39, 0.29) is 0 Å². The normalized spacial score (nSPS) is 9.83. The van der Waals surface area contributed by atoms with Crippen molar-refractivity contribution in [3.05, 3.63) is 53.6 Å². The summed E-state index contributed by atoms with van der Waals surface area (Å²) in [6.45, 7) is 2.06. The summed E-state index contributed by atoms with van der Waals surface area (Å²) in [5.74, 6) is 0.869. The molecule has 2 aromatic rings. The molecule has 0 N–H and O–H groups in total. The fourth-order valence-electron chi connectivity index (χ4n) is 2.10. The average molecular weight is 237 g/mol. The molecule has 0 aliphatic carbocycles. The topological polar surface area (TPSA) is 33.0 Å². The molecule has 0 fully saturated rings. The maximum Gasteiger partial charge on any atom is 0.126 e. The van der Waals surface area contributed by atoms with Crippen LogP contribution in [0.2, 0.25) is 0 Å². The highest BCUT2D eigenvalue weighted by Crippen LogP contribution is 2.32. The van der Waals surface area contributed by atoms with E-state index >= 15 is 0 Å². The third-order valence-corrected chi connectivity index (χ3v) is 2.97. The summed E-state index contributed by atoms with van der Waals surface area (Å²) in [7, 11) is 1.68. The summed E-state index contributed by atoms with van der Waals surface area (Å²) in [4.78, 5) is 0. The van der Waals surface area contributed by atoms with Gasteiger partial charge in [-0.3, -0.25) is 0 Å². The Morgan fingerprint density at radius 2 is 1.89 bits per heavy atom. The van der Waals surface area contributed by atoms with Crippen molar-refractivity contribution in [2.45, 2.75) is 13.3 Å². The second kappa shape index (κ2) is 5.37. The number of hydrogen-bond donors (Lipinski definition) is 0. The number of para-hydroxylation sites is 1. The van der Waals surface area contributed by atoms with Gasteiger partial charge in [-0.25, -0.2) is 0 Å². The summed E-state index contributed by atoms with van der Waals surface area (Å²) in [6, 6.07) is 16.2. The Balaban J connectivity index is 2.48. The van der Waals surface area contributed by atoms with Crippen molar-refractivity contribution in [2.24, 2.45) is 0 Å². The van der Waals surface area contributed by atoms with Crippen molar-refractivity contribution in [1.82, 2.24) is 0 Å². The molecule has 0 atom stereocenters. The molecule has 0 aliphatic heterocycles.